The van der Waals surface area contributed by atoms with Crippen LogP contribution >= 0.6 is 0 Å². The molecular formula is C13H14F2O5. The van der Waals surface area contributed by atoms with Gasteiger partial charge >= 0.3 is 18.6 Å². The van der Waals surface area contributed by atoms with Crippen LogP contribution in [0.15, 0.2) is 18.2 Å². The van der Waals surface area contributed by atoms with Crippen LogP contribution in [0.5, 0.6) is 5.75 Å². The number of hydrogen-bond acceptors (Lipinski definition) is 4. The average Bonchev–Trinajstić information content (AvgIpc) is 2.36. The van der Waals surface area contributed by atoms with Crippen molar-refractivity contribution in [2.45, 2.75) is 26.4 Å². The molecule has 0 atom stereocenters. The molecular weight excluding hydrogens is 274 g/mol. The van der Waals surface area contributed by atoms with E-state index >= 15 is 0 Å². The van der Waals surface area contributed by atoms with Crippen molar-refractivity contribution < 1.29 is 33.0 Å². The molecule has 0 aliphatic rings. The van der Waals surface area contributed by atoms with E-state index in [2.05, 4.69) is 4.74 Å². The molecule has 0 spiro atoms. The van der Waals surface area contributed by atoms with E-state index in [4.69, 9.17) is 9.84 Å². The molecule has 1 rings (SSSR count). The fraction of sp³-hybridized carbons (Fsp3) is 0.385. The molecule has 0 saturated heterocycles. The van der Waals surface area contributed by atoms with Crippen LogP contribution < -0.4 is 4.74 Å². The number of carbonyl (C=O) groups excluding carboxylic acids is 1. The number of esters is 1. The van der Waals surface area contributed by atoms with Gasteiger partial charge in [0.05, 0.1) is 6.61 Å². The number of hydrogen-bond donors (Lipinski definition) is 1. The third kappa shape index (κ3) is 4.49. The van der Waals surface area contributed by atoms with E-state index in [1.54, 1.807) is 6.92 Å². The number of alkyl halides is 2. The summed E-state index contributed by atoms with van der Waals surface area (Å²) in [6, 6.07) is 4.19. The molecule has 0 amide bonds. The molecule has 20 heavy (non-hydrogen) atoms. The first-order chi connectivity index (χ1) is 9.45. The van der Waals surface area contributed by atoms with Gasteiger partial charge in [0.15, 0.2) is 0 Å². The Morgan fingerprint density at radius 1 is 1.35 bits per heavy atom. The Morgan fingerprint density at radius 3 is 2.60 bits per heavy atom. The molecule has 1 N–H and O–H groups in total. The average molecular weight is 288 g/mol. The summed E-state index contributed by atoms with van der Waals surface area (Å²) in [7, 11) is 0. The largest absolute Gasteiger partial charge is 0.481 e. The second-order valence-electron chi connectivity index (χ2n) is 3.79. The van der Waals surface area contributed by atoms with Gasteiger partial charge in [0.2, 0.25) is 0 Å². The summed E-state index contributed by atoms with van der Waals surface area (Å²) in [6.07, 6.45) is -0.281. The number of aliphatic carboxylic acids is 1. The van der Waals surface area contributed by atoms with Gasteiger partial charge in [0, 0.05) is 6.42 Å². The maximum atomic E-state index is 12.4. The summed E-state index contributed by atoms with van der Waals surface area (Å²) >= 11 is 0. The third-order valence-corrected chi connectivity index (χ3v) is 2.41. The summed E-state index contributed by atoms with van der Waals surface area (Å²) in [4.78, 5) is 22.2. The summed E-state index contributed by atoms with van der Waals surface area (Å²) in [5.74, 6) is -2.20. The SMILES string of the molecule is CCOC(=O)c1cccc(CCC(=O)O)c1OC(F)F. The Labute approximate surface area is 114 Å². The zero-order valence-corrected chi connectivity index (χ0v) is 10.8. The van der Waals surface area contributed by atoms with Gasteiger partial charge < -0.3 is 14.6 Å². The minimum Gasteiger partial charge on any atom is -0.481 e. The Morgan fingerprint density at radius 2 is 2.05 bits per heavy atom. The van der Waals surface area contributed by atoms with E-state index in [0.717, 1.165) is 0 Å². The van der Waals surface area contributed by atoms with Gasteiger partial charge in [0.25, 0.3) is 0 Å². The van der Waals surface area contributed by atoms with Crippen LogP contribution in [0.3, 0.4) is 0 Å². The summed E-state index contributed by atoms with van der Waals surface area (Å²) in [6.45, 7) is -1.44. The second kappa shape index (κ2) is 7.42. The molecule has 0 bridgehead atoms. The number of carboxylic acid groups (broad SMARTS) is 1. The highest BCUT2D eigenvalue weighted by atomic mass is 19.3. The van der Waals surface area contributed by atoms with Crippen molar-refractivity contribution in [3.63, 3.8) is 0 Å². The Balaban J connectivity index is 3.12. The van der Waals surface area contributed by atoms with E-state index in [0.29, 0.717) is 0 Å². The van der Waals surface area contributed by atoms with Crippen LogP contribution in [0.4, 0.5) is 8.78 Å². The van der Waals surface area contributed by atoms with Crippen molar-refractivity contribution in [1.82, 2.24) is 0 Å². The zero-order valence-electron chi connectivity index (χ0n) is 10.8. The van der Waals surface area contributed by atoms with Crippen molar-refractivity contribution in [2.24, 2.45) is 0 Å². The maximum absolute atomic E-state index is 12.4. The molecule has 0 aliphatic heterocycles. The van der Waals surface area contributed by atoms with E-state index in [1.807, 2.05) is 0 Å². The lowest BCUT2D eigenvalue weighted by molar-refractivity contribution is -0.136. The first-order valence-electron chi connectivity index (χ1n) is 5.91. The van der Waals surface area contributed by atoms with E-state index in [9.17, 15) is 18.4 Å². The van der Waals surface area contributed by atoms with E-state index in [1.165, 1.54) is 18.2 Å². The van der Waals surface area contributed by atoms with Gasteiger partial charge in [-0.25, -0.2) is 4.79 Å². The summed E-state index contributed by atoms with van der Waals surface area (Å²) in [5.41, 5.74) is 0.0771. The van der Waals surface area contributed by atoms with Crippen molar-refractivity contribution >= 4 is 11.9 Å². The Hall–Kier alpha value is -2.18. The topological polar surface area (TPSA) is 72.8 Å². The highest BCUT2D eigenvalue weighted by molar-refractivity contribution is 5.93. The summed E-state index contributed by atoms with van der Waals surface area (Å²) in [5, 5.41) is 8.63. The number of benzene rings is 1. The molecule has 0 saturated carbocycles. The Bertz CT molecular complexity index is 488. The van der Waals surface area contributed by atoms with Crippen molar-refractivity contribution in [1.29, 1.82) is 0 Å². The number of carboxylic acids is 1. The summed E-state index contributed by atoms with van der Waals surface area (Å²) < 4.78 is 34.0. The van der Waals surface area contributed by atoms with Crippen molar-refractivity contribution in [2.75, 3.05) is 6.61 Å². The monoisotopic (exact) mass is 288 g/mol. The number of ether oxygens (including phenoxy) is 2. The highest BCUT2D eigenvalue weighted by Gasteiger charge is 2.20. The van der Waals surface area contributed by atoms with Crippen molar-refractivity contribution in [3.8, 4) is 5.75 Å². The fourth-order valence-electron chi connectivity index (χ4n) is 1.62. The number of para-hydroxylation sites is 1. The van der Waals surface area contributed by atoms with Crippen molar-refractivity contribution in [3.05, 3.63) is 29.3 Å². The van der Waals surface area contributed by atoms with Crippen LogP contribution in [0, 0.1) is 0 Å². The lowest BCUT2D eigenvalue weighted by atomic mass is 10.0. The molecule has 5 nitrogen and oxygen atoms in total. The zero-order chi connectivity index (χ0) is 15.1. The molecule has 1 aromatic carbocycles. The molecule has 1 aromatic rings. The lowest BCUT2D eigenvalue weighted by Gasteiger charge is -2.14. The van der Waals surface area contributed by atoms with Gasteiger partial charge in [-0.15, -0.1) is 0 Å². The smallest absolute Gasteiger partial charge is 0.387 e. The van der Waals surface area contributed by atoms with E-state index < -0.39 is 18.6 Å². The predicted molar refractivity (Wildman–Crippen MR) is 65.0 cm³/mol. The van der Waals surface area contributed by atoms with E-state index in [-0.39, 0.29) is 36.3 Å². The molecule has 0 aliphatic carbocycles. The van der Waals surface area contributed by atoms with Gasteiger partial charge in [-0.1, -0.05) is 12.1 Å². The minimum atomic E-state index is -3.12. The van der Waals surface area contributed by atoms with Crippen LogP contribution in [-0.4, -0.2) is 30.3 Å². The highest BCUT2D eigenvalue weighted by Crippen LogP contribution is 2.28. The molecule has 0 fully saturated rings. The standard InChI is InChI=1S/C13H14F2O5/c1-2-19-12(18)9-5-3-4-8(6-7-10(16)17)11(9)20-13(14)15/h3-5,13H,2,6-7H2,1H3,(H,16,17). The van der Waals surface area contributed by atoms with Crippen LogP contribution in [-0.2, 0) is 16.0 Å². The fourth-order valence-corrected chi connectivity index (χ4v) is 1.62. The van der Waals surface area contributed by atoms with Crippen LogP contribution in [0.25, 0.3) is 0 Å². The molecule has 0 unspecified atom stereocenters. The molecule has 0 aromatic heterocycles. The number of carbonyl (C=O) groups is 2. The Kier molecular flexibility index (Phi) is 5.89. The van der Waals surface area contributed by atoms with Crippen LogP contribution in [0.1, 0.15) is 29.3 Å². The third-order valence-electron chi connectivity index (χ3n) is 2.41. The predicted octanol–water partition coefficient (Wildman–Crippen LogP) is 2.48. The van der Waals surface area contributed by atoms with Crippen LogP contribution in [0.2, 0.25) is 0 Å². The molecule has 0 heterocycles. The van der Waals surface area contributed by atoms with Gasteiger partial charge in [-0.05, 0) is 25.0 Å². The maximum Gasteiger partial charge on any atom is 0.387 e. The number of aryl methyl sites for hydroxylation is 1. The number of halogens is 2. The number of rotatable bonds is 7. The molecule has 7 heteroatoms. The van der Waals surface area contributed by atoms with Gasteiger partial charge in [-0.3, -0.25) is 4.79 Å². The van der Waals surface area contributed by atoms with Gasteiger partial charge in [-0.2, -0.15) is 8.78 Å². The minimum absolute atomic E-state index is 0.0232. The lowest BCUT2D eigenvalue weighted by Crippen LogP contribution is -2.13. The first-order valence-corrected chi connectivity index (χ1v) is 5.91. The first kappa shape index (κ1) is 15.9. The quantitative estimate of drug-likeness (QED) is 0.780. The second-order valence-corrected chi connectivity index (χ2v) is 3.79. The normalized spacial score (nSPS) is 10.4. The molecule has 0 radical (unpaired) electrons. The molecule has 110 valence electrons. The van der Waals surface area contributed by atoms with Gasteiger partial charge in [0.1, 0.15) is 11.3 Å².